The minimum atomic E-state index is -0.00418. The van der Waals surface area contributed by atoms with Crippen molar-refractivity contribution in [1.29, 1.82) is 0 Å². The SMILES string of the molecule is CNc1cc(-c2ccccc2Cl)c(C)cc1CCC(=O)c1cnn(C)c1N. The molecule has 2 aromatic carbocycles. The molecule has 0 aliphatic heterocycles. The Balaban J connectivity index is 1.86. The van der Waals surface area contributed by atoms with Crippen molar-refractivity contribution in [2.75, 3.05) is 18.1 Å². The van der Waals surface area contributed by atoms with E-state index in [1.807, 2.05) is 31.3 Å². The first kappa shape index (κ1) is 19.0. The summed E-state index contributed by atoms with van der Waals surface area (Å²) >= 11 is 6.37. The van der Waals surface area contributed by atoms with Crippen LogP contribution >= 0.6 is 11.6 Å². The number of nitrogens with two attached hydrogens (primary N) is 1. The van der Waals surface area contributed by atoms with Crippen molar-refractivity contribution >= 4 is 28.9 Å². The molecule has 0 atom stereocenters. The van der Waals surface area contributed by atoms with Crippen LogP contribution in [0.1, 0.15) is 27.9 Å². The number of ketones is 1. The lowest BCUT2D eigenvalue weighted by Gasteiger charge is -2.15. The largest absolute Gasteiger partial charge is 0.388 e. The quantitative estimate of drug-likeness (QED) is 0.616. The molecule has 3 N–H and O–H groups in total. The summed E-state index contributed by atoms with van der Waals surface area (Å²) in [5.41, 5.74) is 11.7. The van der Waals surface area contributed by atoms with Gasteiger partial charge in [0.15, 0.2) is 5.78 Å². The van der Waals surface area contributed by atoms with E-state index in [9.17, 15) is 4.79 Å². The molecular weight excluding hydrogens is 360 g/mol. The van der Waals surface area contributed by atoms with Crippen molar-refractivity contribution in [2.24, 2.45) is 7.05 Å². The standard InChI is InChI=1S/C21H23ClN4O/c1-13-10-14(8-9-20(27)17-12-25-26(3)21(17)23)19(24-2)11-16(13)15-6-4-5-7-18(15)22/h4-7,10-12,24H,8-9,23H2,1-3H3. The smallest absolute Gasteiger partial charge is 0.168 e. The maximum atomic E-state index is 12.5. The molecule has 27 heavy (non-hydrogen) atoms. The summed E-state index contributed by atoms with van der Waals surface area (Å²) in [6, 6.07) is 12.0. The van der Waals surface area contributed by atoms with Crippen LogP contribution in [0.5, 0.6) is 0 Å². The lowest BCUT2D eigenvalue weighted by atomic mass is 9.94. The molecule has 0 aliphatic carbocycles. The van der Waals surface area contributed by atoms with Crippen LogP contribution in [-0.2, 0) is 13.5 Å². The highest BCUT2D eigenvalue weighted by Gasteiger charge is 2.16. The van der Waals surface area contributed by atoms with E-state index in [0.717, 1.165) is 33.0 Å². The zero-order chi connectivity index (χ0) is 19.6. The first-order chi connectivity index (χ1) is 12.9. The van der Waals surface area contributed by atoms with Crippen LogP contribution in [0.15, 0.2) is 42.6 Å². The highest BCUT2D eigenvalue weighted by atomic mass is 35.5. The van der Waals surface area contributed by atoms with Crippen LogP contribution in [0.4, 0.5) is 11.5 Å². The molecule has 0 saturated heterocycles. The minimum absolute atomic E-state index is 0.00418. The second-order valence-electron chi connectivity index (χ2n) is 6.54. The van der Waals surface area contributed by atoms with Crippen LogP contribution in [0.25, 0.3) is 11.1 Å². The van der Waals surface area contributed by atoms with Gasteiger partial charge in [-0.05, 0) is 42.2 Å². The third-order valence-corrected chi connectivity index (χ3v) is 5.12. The van der Waals surface area contributed by atoms with Gasteiger partial charge in [0.1, 0.15) is 5.82 Å². The molecule has 5 nitrogen and oxygen atoms in total. The fourth-order valence-corrected chi connectivity index (χ4v) is 3.46. The van der Waals surface area contributed by atoms with Crippen molar-refractivity contribution in [1.82, 2.24) is 9.78 Å². The summed E-state index contributed by atoms with van der Waals surface area (Å²) in [7, 11) is 3.60. The van der Waals surface area contributed by atoms with Crippen LogP contribution in [0.2, 0.25) is 5.02 Å². The van der Waals surface area contributed by atoms with Crippen molar-refractivity contribution in [3.63, 3.8) is 0 Å². The topological polar surface area (TPSA) is 72.9 Å². The van der Waals surface area contributed by atoms with Gasteiger partial charge < -0.3 is 11.1 Å². The fourth-order valence-electron chi connectivity index (χ4n) is 3.22. The number of aryl methyl sites for hydroxylation is 3. The average molecular weight is 383 g/mol. The number of halogens is 1. The number of hydrogen-bond acceptors (Lipinski definition) is 4. The van der Waals surface area contributed by atoms with Crippen molar-refractivity contribution in [2.45, 2.75) is 19.8 Å². The van der Waals surface area contributed by atoms with Gasteiger partial charge in [-0.15, -0.1) is 0 Å². The molecular formula is C21H23ClN4O. The van der Waals surface area contributed by atoms with Crippen molar-refractivity contribution in [3.8, 4) is 11.1 Å². The van der Waals surface area contributed by atoms with Gasteiger partial charge in [-0.1, -0.05) is 35.9 Å². The molecule has 6 heteroatoms. The molecule has 1 aromatic heterocycles. The monoisotopic (exact) mass is 382 g/mol. The zero-order valence-electron chi connectivity index (χ0n) is 15.7. The number of aromatic nitrogens is 2. The number of benzene rings is 2. The van der Waals surface area contributed by atoms with Crippen molar-refractivity contribution < 1.29 is 4.79 Å². The number of anilines is 2. The van der Waals surface area contributed by atoms with E-state index in [4.69, 9.17) is 17.3 Å². The van der Waals surface area contributed by atoms with Crippen LogP contribution in [0.3, 0.4) is 0 Å². The van der Waals surface area contributed by atoms with Gasteiger partial charge in [0.2, 0.25) is 0 Å². The van der Waals surface area contributed by atoms with E-state index in [1.54, 1.807) is 7.05 Å². The zero-order valence-corrected chi connectivity index (χ0v) is 16.5. The molecule has 0 radical (unpaired) electrons. The van der Waals surface area contributed by atoms with Gasteiger partial charge in [0.25, 0.3) is 0 Å². The predicted molar refractivity (Wildman–Crippen MR) is 111 cm³/mol. The van der Waals surface area contributed by atoms with Gasteiger partial charge in [0.05, 0.1) is 11.8 Å². The Morgan fingerprint density at radius 3 is 2.63 bits per heavy atom. The van der Waals surface area contributed by atoms with Gasteiger partial charge in [-0.25, -0.2) is 0 Å². The molecule has 3 aromatic rings. The molecule has 1 heterocycles. The van der Waals surface area contributed by atoms with E-state index in [0.29, 0.717) is 24.2 Å². The Morgan fingerprint density at radius 2 is 2.00 bits per heavy atom. The normalized spacial score (nSPS) is 10.8. The minimum Gasteiger partial charge on any atom is -0.388 e. The molecule has 0 saturated carbocycles. The number of nitrogens with zero attached hydrogens (tertiary/aromatic N) is 2. The summed E-state index contributed by atoms with van der Waals surface area (Å²) < 4.78 is 1.51. The van der Waals surface area contributed by atoms with E-state index >= 15 is 0 Å². The lowest BCUT2D eigenvalue weighted by Crippen LogP contribution is -2.07. The fraction of sp³-hybridized carbons (Fsp3) is 0.238. The Bertz CT molecular complexity index is 994. The summed E-state index contributed by atoms with van der Waals surface area (Å²) in [4.78, 5) is 12.5. The maximum absolute atomic E-state index is 12.5. The molecule has 0 aliphatic rings. The number of carbonyl (C=O) groups excluding carboxylic acids is 1. The number of nitrogen functional groups attached to an aromatic ring is 1. The number of rotatable bonds is 6. The van der Waals surface area contributed by atoms with E-state index < -0.39 is 0 Å². The summed E-state index contributed by atoms with van der Waals surface area (Å²) in [5.74, 6) is 0.398. The lowest BCUT2D eigenvalue weighted by molar-refractivity contribution is 0.0983. The van der Waals surface area contributed by atoms with Crippen LogP contribution < -0.4 is 11.1 Å². The van der Waals surface area contributed by atoms with E-state index in [-0.39, 0.29) is 5.78 Å². The molecule has 0 fully saturated rings. The van der Waals surface area contributed by atoms with Crippen LogP contribution in [-0.4, -0.2) is 22.6 Å². The third kappa shape index (κ3) is 3.83. The van der Waals surface area contributed by atoms with Gasteiger partial charge >= 0.3 is 0 Å². The molecule has 0 spiro atoms. The molecule has 0 bridgehead atoms. The molecule has 140 valence electrons. The Morgan fingerprint density at radius 1 is 1.26 bits per heavy atom. The second-order valence-corrected chi connectivity index (χ2v) is 6.95. The number of carbonyl (C=O) groups is 1. The Hall–Kier alpha value is -2.79. The highest BCUT2D eigenvalue weighted by molar-refractivity contribution is 6.33. The predicted octanol–water partition coefficient (Wildman–Crippen LogP) is 4.49. The Kier molecular flexibility index (Phi) is 5.51. The number of hydrogen-bond donors (Lipinski definition) is 2. The van der Waals surface area contributed by atoms with Crippen molar-refractivity contribution in [3.05, 3.63) is 64.3 Å². The molecule has 0 amide bonds. The van der Waals surface area contributed by atoms with Gasteiger partial charge in [0, 0.05) is 36.8 Å². The summed E-state index contributed by atoms with van der Waals surface area (Å²) in [6.45, 7) is 2.06. The first-order valence-electron chi connectivity index (χ1n) is 8.79. The van der Waals surface area contributed by atoms with E-state index in [1.165, 1.54) is 10.9 Å². The average Bonchev–Trinajstić information content (AvgIpc) is 2.99. The molecule has 3 rings (SSSR count). The highest BCUT2D eigenvalue weighted by Crippen LogP contribution is 2.34. The third-order valence-electron chi connectivity index (χ3n) is 4.79. The van der Waals surface area contributed by atoms with E-state index in [2.05, 4.69) is 29.5 Å². The Labute approximate surface area is 164 Å². The maximum Gasteiger partial charge on any atom is 0.168 e. The first-order valence-corrected chi connectivity index (χ1v) is 9.17. The van der Waals surface area contributed by atoms with Gasteiger partial charge in [-0.3, -0.25) is 9.48 Å². The second kappa shape index (κ2) is 7.84. The summed E-state index contributed by atoms with van der Waals surface area (Å²) in [6.07, 6.45) is 2.52. The number of nitrogens with one attached hydrogen (secondary N) is 1. The van der Waals surface area contributed by atoms with Crippen LogP contribution in [0, 0.1) is 6.92 Å². The summed E-state index contributed by atoms with van der Waals surface area (Å²) in [5, 5.41) is 8.00. The van der Waals surface area contributed by atoms with Gasteiger partial charge in [-0.2, -0.15) is 5.10 Å². The number of Topliss-reactive ketones (excluding diaryl/α,β-unsaturated/α-hetero) is 1. The molecule has 0 unspecified atom stereocenters.